The molecule has 0 radical (unpaired) electrons. The van der Waals surface area contributed by atoms with Gasteiger partial charge in [0.05, 0.1) is 5.56 Å². The van der Waals surface area contributed by atoms with Gasteiger partial charge in [0.2, 0.25) is 0 Å². The van der Waals surface area contributed by atoms with E-state index in [-0.39, 0.29) is 0 Å². The molecular weight excluding hydrogens is 262 g/mol. The van der Waals surface area contributed by atoms with Gasteiger partial charge < -0.3 is 10.5 Å². The number of carbonyl (C=O) groups is 2. The van der Waals surface area contributed by atoms with E-state index in [0.29, 0.717) is 10.0 Å². The van der Waals surface area contributed by atoms with E-state index >= 15 is 0 Å². The van der Waals surface area contributed by atoms with Gasteiger partial charge in [-0.1, -0.05) is 12.1 Å². The summed E-state index contributed by atoms with van der Waals surface area (Å²) in [5.74, 6) is -1.25. The molecule has 2 N–H and O–H groups in total. The average Bonchev–Trinajstić information content (AvgIpc) is 2.18. The zero-order chi connectivity index (χ0) is 11.4. The second-order valence-electron chi connectivity index (χ2n) is 2.93. The average molecular weight is 272 g/mol. The van der Waals surface area contributed by atoms with E-state index in [4.69, 9.17) is 10.5 Å². The van der Waals surface area contributed by atoms with Crippen molar-refractivity contribution >= 4 is 27.8 Å². The second kappa shape index (κ2) is 4.93. The van der Waals surface area contributed by atoms with Gasteiger partial charge in [0.25, 0.3) is 5.91 Å². The lowest BCUT2D eigenvalue weighted by atomic mass is 10.2. The van der Waals surface area contributed by atoms with E-state index in [1.807, 2.05) is 0 Å². The summed E-state index contributed by atoms with van der Waals surface area (Å²) in [4.78, 5) is 22.2. The Morgan fingerprint density at radius 1 is 1.40 bits per heavy atom. The van der Waals surface area contributed by atoms with Gasteiger partial charge in [0.1, 0.15) is 0 Å². The molecule has 0 heterocycles. The van der Waals surface area contributed by atoms with Crippen LogP contribution in [0.1, 0.15) is 17.3 Å². The van der Waals surface area contributed by atoms with Crippen molar-refractivity contribution in [3.05, 3.63) is 34.3 Å². The first-order chi connectivity index (χ1) is 7.02. The lowest BCUT2D eigenvalue weighted by Crippen LogP contribution is -2.30. The Balaban J connectivity index is 2.78. The van der Waals surface area contributed by atoms with Gasteiger partial charge >= 0.3 is 5.97 Å². The van der Waals surface area contributed by atoms with Crippen LogP contribution in [0.3, 0.4) is 0 Å². The monoisotopic (exact) mass is 271 g/mol. The largest absolute Gasteiger partial charge is 0.449 e. The number of carbonyl (C=O) groups excluding carboxylic acids is 2. The fourth-order valence-electron chi connectivity index (χ4n) is 0.909. The van der Waals surface area contributed by atoms with Crippen molar-refractivity contribution in [1.29, 1.82) is 0 Å². The minimum Gasteiger partial charge on any atom is -0.449 e. The van der Waals surface area contributed by atoms with Crippen molar-refractivity contribution < 1.29 is 14.3 Å². The third-order valence-corrected chi connectivity index (χ3v) is 2.47. The van der Waals surface area contributed by atoms with Gasteiger partial charge in [0, 0.05) is 4.47 Å². The third kappa shape index (κ3) is 3.06. The van der Waals surface area contributed by atoms with E-state index < -0.39 is 18.0 Å². The zero-order valence-electron chi connectivity index (χ0n) is 8.07. The van der Waals surface area contributed by atoms with Crippen LogP contribution in [0, 0.1) is 0 Å². The molecule has 1 amide bonds. The van der Waals surface area contributed by atoms with E-state index in [1.54, 1.807) is 24.3 Å². The number of nitrogens with two attached hydrogens (primary N) is 1. The highest BCUT2D eigenvalue weighted by atomic mass is 79.9. The van der Waals surface area contributed by atoms with Crippen LogP contribution in [-0.2, 0) is 9.53 Å². The number of amides is 1. The molecular formula is C10H10BrNO3. The zero-order valence-corrected chi connectivity index (χ0v) is 9.65. The summed E-state index contributed by atoms with van der Waals surface area (Å²) >= 11 is 3.21. The predicted molar refractivity (Wildman–Crippen MR) is 58.2 cm³/mol. The first-order valence-corrected chi connectivity index (χ1v) is 5.06. The highest BCUT2D eigenvalue weighted by Crippen LogP contribution is 2.17. The first kappa shape index (κ1) is 11.7. The van der Waals surface area contributed by atoms with Crippen LogP contribution in [0.5, 0.6) is 0 Å². The molecule has 0 aliphatic rings. The Morgan fingerprint density at radius 3 is 2.53 bits per heavy atom. The fraction of sp³-hybridized carbons (Fsp3) is 0.200. The molecule has 0 aromatic heterocycles. The number of halogens is 1. The summed E-state index contributed by atoms with van der Waals surface area (Å²) in [5.41, 5.74) is 5.34. The normalized spacial score (nSPS) is 11.9. The number of hydrogen-bond acceptors (Lipinski definition) is 3. The number of ether oxygens (including phenoxy) is 1. The Morgan fingerprint density at radius 2 is 2.00 bits per heavy atom. The molecule has 4 nitrogen and oxygen atoms in total. The van der Waals surface area contributed by atoms with Gasteiger partial charge in [0.15, 0.2) is 6.10 Å². The van der Waals surface area contributed by atoms with Crippen LogP contribution in [-0.4, -0.2) is 18.0 Å². The van der Waals surface area contributed by atoms with Gasteiger partial charge in [-0.15, -0.1) is 0 Å². The minimum absolute atomic E-state index is 0.366. The van der Waals surface area contributed by atoms with Crippen LogP contribution in [0.2, 0.25) is 0 Å². The second-order valence-corrected chi connectivity index (χ2v) is 3.78. The number of benzene rings is 1. The number of primary amides is 1. The topological polar surface area (TPSA) is 69.4 Å². The van der Waals surface area contributed by atoms with Crippen molar-refractivity contribution in [1.82, 2.24) is 0 Å². The fourth-order valence-corrected chi connectivity index (χ4v) is 1.36. The maximum atomic E-state index is 11.5. The molecule has 0 spiro atoms. The first-order valence-electron chi connectivity index (χ1n) is 4.27. The molecule has 0 saturated carbocycles. The lowest BCUT2D eigenvalue weighted by molar-refractivity contribution is -0.125. The lowest BCUT2D eigenvalue weighted by Gasteiger charge is -2.10. The molecule has 1 atom stereocenters. The van der Waals surface area contributed by atoms with Gasteiger partial charge in [-0.2, -0.15) is 0 Å². The maximum absolute atomic E-state index is 11.5. The van der Waals surface area contributed by atoms with Gasteiger partial charge in [-0.05, 0) is 35.0 Å². The molecule has 5 heteroatoms. The van der Waals surface area contributed by atoms with Crippen molar-refractivity contribution in [2.24, 2.45) is 5.73 Å². The van der Waals surface area contributed by atoms with E-state index in [2.05, 4.69) is 15.9 Å². The summed E-state index contributed by atoms with van der Waals surface area (Å²) in [6.45, 7) is 1.43. The van der Waals surface area contributed by atoms with Crippen LogP contribution in [0.25, 0.3) is 0 Å². The molecule has 0 aliphatic heterocycles. The predicted octanol–water partition coefficient (Wildman–Crippen LogP) is 1.48. The quantitative estimate of drug-likeness (QED) is 0.847. The molecule has 1 aromatic carbocycles. The van der Waals surface area contributed by atoms with Gasteiger partial charge in [-0.3, -0.25) is 4.79 Å². The molecule has 0 fully saturated rings. The summed E-state index contributed by atoms with van der Waals surface area (Å²) in [7, 11) is 0. The molecule has 0 bridgehead atoms. The van der Waals surface area contributed by atoms with Crippen LogP contribution < -0.4 is 5.73 Å². The van der Waals surface area contributed by atoms with E-state index in [0.717, 1.165) is 0 Å². The minimum atomic E-state index is -0.926. The van der Waals surface area contributed by atoms with Crippen LogP contribution in [0.4, 0.5) is 0 Å². The molecule has 0 saturated heterocycles. The molecule has 1 aromatic rings. The SMILES string of the molecule is CC(OC(=O)c1ccccc1Br)C(N)=O. The maximum Gasteiger partial charge on any atom is 0.340 e. The molecule has 1 rings (SSSR count). The number of rotatable bonds is 3. The Bertz CT molecular complexity index is 392. The highest BCUT2D eigenvalue weighted by molar-refractivity contribution is 9.10. The number of hydrogen-bond donors (Lipinski definition) is 1. The Kier molecular flexibility index (Phi) is 3.85. The van der Waals surface area contributed by atoms with E-state index in [1.165, 1.54) is 6.92 Å². The van der Waals surface area contributed by atoms with Crippen molar-refractivity contribution in [3.63, 3.8) is 0 Å². The highest BCUT2D eigenvalue weighted by Gasteiger charge is 2.17. The van der Waals surface area contributed by atoms with Crippen LogP contribution in [0.15, 0.2) is 28.7 Å². The summed E-state index contributed by atoms with van der Waals surface area (Å²) < 4.78 is 5.45. The summed E-state index contributed by atoms with van der Waals surface area (Å²) in [6, 6.07) is 6.79. The van der Waals surface area contributed by atoms with Crippen molar-refractivity contribution in [2.45, 2.75) is 13.0 Å². The van der Waals surface area contributed by atoms with Crippen molar-refractivity contribution in [3.8, 4) is 0 Å². The number of esters is 1. The van der Waals surface area contributed by atoms with Crippen molar-refractivity contribution in [2.75, 3.05) is 0 Å². The Hall–Kier alpha value is -1.36. The third-order valence-electron chi connectivity index (χ3n) is 1.78. The molecule has 1 unspecified atom stereocenters. The summed E-state index contributed by atoms with van der Waals surface area (Å²) in [6.07, 6.45) is -0.926. The van der Waals surface area contributed by atoms with Crippen LogP contribution >= 0.6 is 15.9 Å². The van der Waals surface area contributed by atoms with Gasteiger partial charge in [-0.25, -0.2) is 4.79 Å². The Labute approximate surface area is 95.5 Å². The smallest absolute Gasteiger partial charge is 0.340 e. The molecule has 15 heavy (non-hydrogen) atoms. The van der Waals surface area contributed by atoms with E-state index in [9.17, 15) is 9.59 Å². The molecule has 80 valence electrons. The summed E-state index contributed by atoms with van der Waals surface area (Å²) in [5, 5.41) is 0. The molecule has 0 aliphatic carbocycles. The standard InChI is InChI=1S/C10H10BrNO3/c1-6(9(12)13)15-10(14)7-4-2-3-5-8(7)11/h2-6H,1H3,(H2,12,13).